The van der Waals surface area contributed by atoms with E-state index in [1.165, 1.54) is 5.56 Å². The van der Waals surface area contributed by atoms with Crippen molar-refractivity contribution in [3.05, 3.63) is 66.0 Å². The van der Waals surface area contributed by atoms with Gasteiger partial charge in [-0.15, -0.1) is 0 Å². The lowest BCUT2D eigenvalue weighted by Crippen LogP contribution is -2.37. The van der Waals surface area contributed by atoms with Crippen molar-refractivity contribution in [1.29, 1.82) is 0 Å². The van der Waals surface area contributed by atoms with E-state index in [0.717, 1.165) is 30.1 Å². The van der Waals surface area contributed by atoms with Crippen LogP contribution in [0.2, 0.25) is 0 Å². The number of fused-ring (bicyclic) bond motifs is 1. The molecule has 0 bridgehead atoms. The van der Waals surface area contributed by atoms with Crippen LogP contribution in [0.15, 0.2) is 60.0 Å². The van der Waals surface area contributed by atoms with Gasteiger partial charge in [-0.2, -0.15) is 15.1 Å². The maximum absolute atomic E-state index is 5.56. The third-order valence-corrected chi connectivity index (χ3v) is 5.45. The van der Waals surface area contributed by atoms with E-state index >= 15 is 0 Å². The Hall–Kier alpha value is -3.98. The summed E-state index contributed by atoms with van der Waals surface area (Å²) in [6.45, 7) is 4.78. The molecule has 2 aromatic carbocycles. The number of rotatable bonds is 6. The van der Waals surface area contributed by atoms with Crippen LogP contribution in [0, 0.1) is 6.92 Å². The van der Waals surface area contributed by atoms with Crippen LogP contribution in [-0.2, 0) is 4.74 Å². The number of methoxy groups -OCH3 is 1. The lowest BCUT2D eigenvalue weighted by atomic mass is 10.2. The van der Waals surface area contributed by atoms with Gasteiger partial charge in [-0.05, 0) is 24.6 Å². The Morgan fingerprint density at radius 1 is 1.09 bits per heavy atom. The molecule has 1 fully saturated rings. The molecule has 1 N–H and O–H groups in total. The molecule has 0 atom stereocenters. The average molecular weight is 444 g/mol. The van der Waals surface area contributed by atoms with Gasteiger partial charge in [0.15, 0.2) is 17.0 Å². The number of imidazole rings is 1. The molecule has 0 spiro atoms. The maximum atomic E-state index is 5.56. The van der Waals surface area contributed by atoms with Crippen LogP contribution in [0.4, 0.5) is 11.8 Å². The highest BCUT2D eigenvalue weighted by atomic mass is 16.5. The van der Waals surface area contributed by atoms with E-state index in [4.69, 9.17) is 19.4 Å². The quantitative estimate of drug-likeness (QED) is 0.361. The fourth-order valence-electron chi connectivity index (χ4n) is 3.79. The zero-order valence-corrected chi connectivity index (χ0v) is 18.6. The first-order chi connectivity index (χ1) is 16.2. The van der Waals surface area contributed by atoms with Crippen LogP contribution in [0.3, 0.4) is 0 Å². The Labute approximate surface area is 191 Å². The van der Waals surface area contributed by atoms with Gasteiger partial charge in [-0.1, -0.05) is 42.0 Å². The number of hydrogen-bond acceptors (Lipinski definition) is 8. The molecule has 33 heavy (non-hydrogen) atoms. The Balaban J connectivity index is 1.57. The first kappa shape index (κ1) is 20.9. The van der Waals surface area contributed by atoms with Crippen LogP contribution in [0.1, 0.15) is 11.1 Å². The van der Waals surface area contributed by atoms with Crippen molar-refractivity contribution in [3.63, 3.8) is 0 Å². The van der Waals surface area contributed by atoms with Crippen molar-refractivity contribution in [2.45, 2.75) is 6.92 Å². The lowest BCUT2D eigenvalue weighted by molar-refractivity contribution is 0.122. The van der Waals surface area contributed by atoms with E-state index in [1.807, 2.05) is 41.0 Å². The van der Waals surface area contributed by atoms with Crippen LogP contribution in [0.5, 0.6) is 5.75 Å². The van der Waals surface area contributed by atoms with Crippen LogP contribution >= 0.6 is 0 Å². The predicted octanol–water partition coefficient (Wildman–Crippen LogP) is 3.42. The highest BCUT2D eigenvalue weighted by Crippen LogP contribution is 2.29. The molecule has 0 unspecified atom stereocenters. The Kier molecular flexibility index (Phi) is 5.86. The Morgan fingerprint density at radius 3 is 2.76 bits per heavy atom. The fraction of sp³-hybridized carbons (Fsp3) is 0.250. The Bertz CT molecular complexity index is 1300. The van der Waals surface area contributed by atoms with E-state index in [0.29, 0.717) is 36.1 Å². The van der Waals surface area contributed by atoms with Gasteiger partial charge in [0, 0.05) is 13.1 Å². The zero-order chi connectivity index (χ0) is 22.6. The summed E-state index contributed by atoms with van der Waals surface area (Å²) in [5.74, 6) is 1.88. The molecule has 0 aliphatic carbocycles. The molecule has 3 heterocycles. The SMILES string of the molecule is COc1ccccc1-n1cnc2c(NN=Cc3cccc(C)c3)nc(N3CCOCC3)nc21. The number of para-hydroxylation sites is 2. The number of hydrazone groups is 1. The second kappa shape index (κ2) is 9.25. The van der Waals surface area contributed by atoms with Gasteiger partial charge < -0.3 is 14.4 Å². The molecular formula is C24H25N7O2. The second-order valence-corrected chi connectivity index (χ2v) is 7.71. The van der Waals surface area contributed by atoms with Gasteiger partial charge in [-0.25, -0.2) is 4.98 Å². The Morgan fingerprint density at radius 2 is 1.94 bits per heavy atom. The smallest absolute Gasteiger partial charge is 0.229 e. The van der Waals surface area contributed by atoms with E-state index in [9.17, 15) is 0 Å². The largest absolute Gasteiger partial charge is 0.495 e. The molecule has 5 rings (SSSR count). The van der Waals surface area contributed by atoms with Gasteiger partial charge in [0.05, 0.1) is 32.2 Å². The number of nitrogens with zero attached hydrogens (tertiary/aromatic N) is 6. The number of aryl methyl sites for hydroxylation is 1. The summed E-state index contributed by atoms with van der Waals surface area (Å²) < 4.78 is 13.0. The monoisotopic (exact) mass is 443 g/mol. The van der Waals surface area contributed by atoms with Gasteiger partial charge in [0.2, 0.25) is 5.95 Å². The van der Waals surface area contributed by atoms with Crippen molar-refractivity contribution in [3.8, 4) is 11.4 Å². The molecule has 0 saturated carbocycles. The average Bonchev–Trinajstić information content (AvgIpc) is 3.28. The summed E-state index contributed by atoms with van der Waals surface area (Å²) in [7, 11) is 1.65. The van der Waals surface area contributed by atoms with E-state index in [1.54, 1.807) is 19.7 Å². The predicted molar refractivity (Wildman–Crippen MR) is 129 cm³/mol. The fourth-order valence-corrected chi connectivity index (χ4v) is 3.79. The summed E-state index contributed by atoms with van der Waals surface area (Å²) in [6, 6.07) is 15.9. The molecule has 4 aromatic rings. The number of hydrogen-bond donors (Lipinski definition) is 1. The van der Waals surface area contributed by atoms with Gasteiger partial charge in [0.1, 0.15) is 12.1 Å². The highest BCUT2D eigenvalue weighted by molar-refractivity contribution is 5.87. The minimum Gasteiger partial charge on any atom is -0.495 e. The molecule has 2 aromatic heterocycles. The topological polar surface area (TPSA) is 89.7 Å². The third-order valence-electron chi connectivity index (χ3n) is 5.45. The number of aromatic nitrogens is 4. The van der Waals surface area contributed by atoms with Crippen molar-refractivity contribution < 1.29 is 9.47 Å². The molecule has 9 heteroatoms. The number of ether oxygens (including phenoxy) is 2. The summed E-state index contributed by atoms with van der Waals surface area (Å²) in [4.78, 5) is 16.3. The van der Waals surface area contributed by atoms with Crippen LogP contribution in [0.25, 0.3) is 16.9 Å². The van der Waals surface area contributed by atoms with Gasteiger partial charge in [-0.3, -0.25) is 9.99 Å². The summed E-state index contributed by atoms with van der Waals surface area (Å²) in [5.41, 5.74) is 7.40. The molecule has 0 radical (unpaired) electrons. The van der Waals surface area contributed by atoms with Crippen molar-refractivity contribution in [2.75, 3.05) is 43.7 Å². The highest BCUT2D eigenvalue weighted by Gasteiger charge is 2.20. The van der Waals surface area contributed by atoms with Crippen molar-refractivity contribution >= 4 is 29.1 Å². The standard InChI is InChI=1S/C24H25N7O2/c1-17-6-5-7-18(14-17)15-26-29-22-21-23(28-24(27-22)30-10-12-33-13-11-30)31(16-25-21)19-8-3-4-9-20(19)32-2/h3-9,14-16H,10-13H2,1-2H3,(H,27,28,29). The summed E-state index contributed by atoms with van der Waals surface area (Å²) in [6.07, 6.45) is 3.50. The van der Waals surface area contributed by atoms with Crippen molar-refractivity contribution in [1.82, 2.24) is 19.5 Å². The number of nitrogens with one attached hydrogen (secondary N) is 1. The molecule has 168 valence electrons. The molecule has 1 aliphatic heterocycles. The number of anilines is 2. The molecular weight excluding hydrogens is 418 g/mol. The first-order valence-corrected chi connectivity index (χ1v) is 10.8. The maximum Gasteiger partial charge on any atom is 0.229 e. The number of benzene rings is 2. The second-order valence-electron chi connectivity index (χ2n) is 7.71. The normalized spacial score (nSPS) is 14.2. The first-order valence-electron chi connectivity index (χ1n) is 10.8. The number of morpholine rings is 1. The molecule has 0 amide bonds. The van der Waals surface area contributed by atoms with Gasteiger partial charge >= 0.3 is 0 Å². The van der Waals surface area contributed by atoms with Crippen LogP contribution in [-0.4, -0.2) is 59.1 Å². The van der Waals surface area contributed by atoms with E-state index in [-0.39, 0.29) is 0 Å². The van der Waals surface area contributed by atoms with Gasteiger partial charge in [0.25, 0.3) is 0 Å². The summed E-state index contributed by atoms with van der Waals surface area (Å²) in [5, 5.41) is 4.42. The molecule has 1 aliphatic rings. The minimum absolute atomic E-state index is 0.541. The van der Waals surface area contributed by atoms with E-state index < -0.39 is 0 Å². The lowest BCUT2D eigenvalue weighted by Gasteiger charge is -2.27. The van der Waals surface area contributed by atoms with E-state index in [2.05, 4.69) is 39.5 Å². The zero-order valence-electron chi connectivity index (χ0n) is 18.6. The summed E-state index contributed by atoms with van der Waals surface area (Å²) >= 11 is 0. The molecule has 9 nitrogen and oxygen atoms in total. The molecule has 1 saturated heterocycles. The van der Waals surface area contributed by atoms with Crippen LogP contribution < -0.4 is 15.1 Å². The third kappa shape index (κ3) is 4.35. The minimum atomic E-state index is 0.541. The van der Waals surface area contributed by atoms with Crippen molar-refractivity contribution in [2.24, 2.45) is 5.10 Å².